The minimum absolute atomic E-state index is 0.0358. The molecule has 1 aromatic carbocycles. The van der Waals surface area contributed by atoms with Crippen molar-refractivity contribution >= 4 is 34.8 Å². The highest BCUT2D eigenvalue weighted by molar-refractivity contribution is 7.14. The van der Waals surface area contributed by atoms with E-state index >= 15 is 0 Å². The van der Waals surface area contributed by atoms with Crippen molar-refractivity contribution in [3.8, 4) is 0 Å². The van der Waals surface area contributed by atoms with Gasteiger partial charge in [0.05, 0.1) is 17.0 Å². The van der Waals surface area contributed by atoms with Gasteiger partial charge in [0.15, 0.2) is 11.6 Å². The zero-order valence-electron chi connectivity index (χ0n) is 31.3. The summed E-state index contributed by atoms with van der Waals surface area (Å²) in [4.78, 5) is 54.1. The van der Waals surface area contributed by atoms with Crippen LogP contribution in [0.1, 0.15) is 111 Å². The lowest BCUT2D eigenvalue weighted by Crippen LogP contribution is -2.63. The molecule has 0 radical (unpaired) electrons. The number of Topliss-reactive ketones (excluding diaryl/α,β-unsaturated/α-hetero) is 2. The Hall–Kier alpha value is -3.12. The van der Waals surface area contributed by atoms with Gasteiger partial charge in [-0.05, 0) is 121 Å². The fraction of sp³-hybridized carbons (Fsp3) is 0.659. The maximum atomic E-state index is 14.7. The first kappa shape index (κ1) is 38.6. The number of rotatable bonds is 15. The van der Waals surface area contributed by atoms with Crippen molar-refractivity contribution in [3.05, 3.63) is 57.8 Å². The van der Waals surface area contributed by atoms with E-state index in [1.807, 2.05) is 35.2 Å². The van der Waals surface area contributed by atoms with Crippen LogP contribution in [0.5, 0.6) is 0 Å². The number of benzene rings is 1. The van der Waals surface area contributed by atoms with E-state index in [0.29, 0.717) is 49.3 Å². The molecule has 4 aliphatic rings. The standard InChI is InChI=1S/C41H60N6O4S/c1-29-39(32-11-5-3-6-12-32)51-41(43-29)46-25-26-47(36(28-46)37(49)20-18-34-19-21-38(52-34)30(2)48)40(50)35(44-33-16-14-31(27-42)15-17-33)13-7-10-24-45-22-8-4-9-23-45/h3,5-6,11-12,19,21,29,31,33,35-36,39,44H,4,7-10,13-18,20,22-28,42H2,1-2H3/t29-,31?,33?,35+,36-,39+/m0/s1. The Morgan fingerprint density at radius 1 is 0.981 bits per heavy atom. The van der Waals surface area contributed by atoms with Gasteiger partial charge in [0.25, 0.3) is 6.02 Å². The van der Waals surface area contributed by atoms with Crippen molar-refractivity contribution in [2.24, 2.45) is 16.6 Å². The average molecular weight is 733 g/mol. The summed E-state index contributed by atoms with van der Waals surface area (Å²) in [5.74, 6) is 0.673. The van der Waals surface area contributed by atoms with Gasteiger partial charge in [0.2, 0.25) is 5.91 Å². The van der Waals surface area contributed by atoms with Crippen LogP contribution in [0.25, 0.3) is 0 Å². The van der Waals surface area contributed by atoms with E-state index in [-0.39, 0.29) is 41.7 Å². The third kappa shape index (κ3) is 10.1. The number of aryl methyl sites for hydroxylation is 1. The zero-order chi connectivity index (χ0) is 36.5. The lowest BCUT2D eigenvalue weighted by atomic mass is 9.85. The Morgan fingerprint density at radius 3 is 2.46 bits per heavy atom. The lowest BCUT2D eigenvalue weighted by molar-refractivity contribution is -0.144. The normalized spacial score (nSPS) is 26.1. The molecule has 6 rings (SSSR count). The number of aliphatic imine (C=N–C) groups is 1. The summed E-state index contributed by atoms with van der Waals surface area (Å²) in [6.45, 7) is 9.14. The SMILES string of the molecule is CC(=O)c1ccc(CCC(=O)[C@@H]2CN(C3=N[C@@H](C)[C@H](c4ccccc4)O3)CCN2C(=O)[C@@H](CCCCN2CCCCC2)NC2CCC(CN)CC2)s1. The van der Waals surface area contributed by atoms with E-state index in [1.165, 1.54) is 43.7 Å². The molecule has 2 saturated heterocycles. The number of amidine groups is 1. The molecule has 0 unspecified atom stereocenters. The fourth-order valence-corrected chi connectivity index (χ4v) is 9.34. The molecule has 0 spiro atoms. The van der Waals surface area contributed by atoms with Gasteiger partial charge in [0, 0.05) is 37.0 Å². The van der Waals surface area contributed by atoms with E-state index in [4.69, 9.17) is 15.5 Å². The molecule has 1 saturated carbocycles. The van der Waals surface area contributed by atoms with E-state index < -0.39 is 6.04 Å². The quantitative estimate of drug-likeness (QED) is 0.179. The summed E-state index contributed by atoms with van der Waals surface area (Å²) in [5.41, 5.74) is 7.08. The van der Waals surface area contributed by atoms with Crippen LogP contribution in [0.15, 0.2) is 47.5 Å². The molecule has 4 heterocycles. The molecule has 10 nitrogen and oxygen atoms in total. The van der Waals surface area contributed by atoms with Gasteiger partial charge in [-0.2, -0.15) is 0 Å². The van der Waals surface area contributed by atoms with Crippen LogP contribution in [0.3, 0.4) is 0 Å². The fourth-order valence-electron chi connectivity index (χ4n) is 8.43. The van der Waals surface area contributed by atoms with E-state index in [9.17, 15) is 14.4 Å². The lowest BCUT2D eigenvalue weighted by Gasteiger charge is -2.43. The number of nitrogens with one attached hydrogen (secondary N) is 1. The summed E-state index contributed by atoms with van der Waals surface area (Å²) < 4.78 is 6.46. The van der Waals surface area contributed by atoms with E-state index in [1.54, 1.807) is 6.92 Å². The number of nitrogens with two attached hydrogens (primary N) is 1. The second-order valence-electron chi connectivity index (χ2n) is 15.5. The highest BCUT2D eigenvalue weighted by Crippen LogP contribution is 2.31. The highest BCUT2D eigenvalue weighted by Gasteiger charge is 2.41. The number of carbonyl (C=O) groups is 3. The molecule has 1 aromatic heterocycles. The number of piperidine rings is 1. The average Bonchev–Trinajstić information content (AvgIpc) is 3.83. The number of amides is 1. The van der Waals surface area contributed by atoms with Gasteiger partial charge >= 0.3 is 0 Å². The van der Waals surface area contributed by atoms with E-state index in [0.717, 1.165) is 68.5 Å². The van der Waals surface area contributed by atoms with Crippen molar-refractivity contribution in [1.82, 2.24) is 20.0 Å². The smallest absolute Gasteiger partial charge is 0.288 e. The summed E-state index contributed by atoms with van der Waals surface area (Å²) in [7, 11) is 0. The molecule has 2 aromatic rings. The zero-order valence-corrected chi connectivity index (χ0v) is 32.2. The number of nitrogens with zero attached hydrogens (tertiary/aromatic N) is 4. The Balaban J connectivity index is 1.17. The third-order valence-electron chi connectivity index (χ3n) is 11.6. The second kappa shape index (κ2) is 18.8. The minimum atomic E-state index is -0.614. The van der Waals surface area contributed by atoms with Crippen LogP contribution in [0, 0.1) is 5.92 Å². The van der Waals surface area contributed by atoms with E-state index in [2.05, 4.69) is 34.2 Å². The van der Waals surface area contributed by atoms with Crippen molar-refractivity contribution in [3.63, 3.8) is 0 Å². The molecule has 4 atom stereocenters. The molecular weight excluding hydrogens is 673 g/mol. The monoisotopic (exact) mass is 732 g/mol. The molecule has 284 valence electrons. The van der Waals surface area contributed by atoms with Crippen molar-refractivity contribution in [1.29, 1.82) is 0 Å². The second-order valence-corrected chi connectivity index (χ2v) is 16.6. The number of piperazine rings is 1. The summed E-state index contributed by atoms with van der Waals surface area (Å²) in [5, 5.41) is 3.81. The van der Waals surface area contributed by atoms with Gasteiger partial charge in [-0.3, -0.25) is 14.4 Å². The first-order valence-electron chi connectivity index (χ1n) is 19.9. The molecule has 3 N–H and O–H groups in total. The van der Waals surface area contributed by atoms with Crippen molar-refractivity contribution in [2.75, 3.05) is 45.8 Å². The molecule has 0 bridgehead atoms. The first-order valence-corrected chi connectivity index (χ1v) is 20.8. The van der Waals surface area contributed by atoms with Crippen LogP contribution in [-0.4, -0.2) is 108 Å². The molecule has 3 aliphatic heterocycles. The first-order chi connectivity index (χ1) is 25.3. The van der Waals surface area contributed by atoms with Crippen molar-refractivity contribution in [2.45, 2.75) is 121 Å². The van der Waals surface area contributed by atoms with Crippen LogP contribution in [-0.2, 0) is 20.7 Å². The van der Waals surface area contributed by atoms with Crippen LogP contribution >= 0.6 is 11.3 Å². The maximum absolute atomic E-state index is 14.7. The van der Waals surface area contributed by atoms with Crippen LogP contribution in [0.2, 0.25) is 0 Å². The Bertz CT molecular complexity index is 1500. The largest absolute Gasteiger partial charge is 0.455 e. The number of ketones is 2. The molecular formula is C41H60N6O4S. The minimum Gasteiger partial charge on any atom is -0.455 e. The van der Waals surface area contributed by atoms with Gasteiger partial charge in [-0.25, -0.2) is 4.99 Å². The van der Waals surface area contributed by atoms with Gasteiger partial charge in [0.1, 0.15) is 12.1 Å². The Labute approximate surface area is 314 Å². The molecule has 11 heteroatoms. The summed E-state index contributed by atoms with van der Waals surface area (Å²) in [6.07, 6.45) is 11.6. The topological polar surface area (TPSA) is 121 Å². The molecule has 52 heavy (non-hydrogen) atoms. The maximum Gasteiger partial charge on any atom is 0.288 e. The molecule has 1 aliphatic carbocycles. The number of ether oxygens (including phenoxy) is 1. The summed E-state index contributed by atoms with van der Waals surface area (Å²) >= 11 is 1.45. The molecule has 1 amide bonds. The molecule has 3 fully saturated rings. The van der Waals surface area contributed by atoms with Crippen LogP contribution < -0.4 is 11.1 Å². The highest BCUT2D eigenvalue weighted by atomic mass is 32.1. The number of hydrogen-bond donors (Lipinski definition) is 2. The number of carbonyl (C=O) groups excluding carboxylic acids is 3. The predicted molar refractivity (Wildman–Crippen MR) is 208 cm³/mol. The number of hydrogen-bond acceptors (Lipinski definition) is 10. The third-order valence-corrected chi connectivity index (χ3v) is 12.9. The Kier molecular flexibility index (Phi) is 13.9. The van der Waals surface area contributed by atoms with Gasteiger partial charge < -0.3 is 30.5 Å². The predicted octanol–water partition coefficient (Wildman–Crippen LogP) is 5.61. The van der Waals surface area contributed by atoms with Crippen LogP contribution in [0.4, 0.5) is 0 Å². The van der Waals surface area contributed by atoms with Gasteiger partial charge in [-0.1, -0.05) is 43.2 Å². The Morgan fingerprint density at radius 2 is 1.75 bits per heavy atom. The number of unbranched alkanes of at least 4 members (excludes halogenated alkanes) is 1. The van der Waals surface area contributed by atoms with Crippen molar-refractivity contribution < 1.29 is 19.1 Å². The number of likely N-dealkylation sites (tertiary alicyclic amines) is 1. The summed E-state index contributed by atoms with van der Waals surface area (Å²) in [6, 6.07) is 13.8. The number of thiophene rings is 1. The van der Waals surface area contributed by atoms with Gasteiger partial charge in [-0.15, -0.1) is 11.3 Å².